The molecule has 0 fully saturated rings. The predicted octanol–water partition coefficient (Wildman–Crippen LogP) is 3.70. The van der Waals surface area contributed by atoms with Crippen LogP contribution in [-0.2, 0) is 6.54 Å². The predicted molar refractivity (Wildman–Crippen MR) is 103 cm³/mol. The van der Waals surface area contributed by atoms with E-state index in [1.807, 2.05) is 16.7 Å². The highest BCUT2D eigenvalue weighted by molar-refractivity contribution is 5.96. The first-order valence-corrected chi connectivity index (χ1v) is 9.11. The zero-order valence-corrected chi connectivity index (χ0v) is 15.4. The minimum absolute atomic E-state index is 0.221. The third-order valence-corrected chi connectivity index (χ3v) is 4.62. The van der Waals surface area contributed by atoms with Crippen LogP contribution >= 0.6 is 0 Å². The Kier molecular flexibility index (Phi) is 4.66. The largest absolute Gasteiger partial charge is 0.497 e. The van der Waals surface area contributed by atoms with Crippen molar-refractivity contribution < 1.29 is 9.47 Å². The van der Waals surface area contributed by atoms with Crippen LogP contribution in [0.25, 0.3) is 0 Å². The molecule has 0 spiro atoms. The number of aliphatic imine (C=N–C) groups is 1. The number of hydrogen-bond donors (Lipinski definition) is 0. The first-order valence-electron chi connectivity index (χ1n) is 9.11. The molecule has 1 aromatic carbocycles. The van der Waals surface area contributed by atoms with Gasteiger partial charge in [-0.2, -0.15) is 4.98 Å². The highest BCUT2D eigenvalue weighted by Crippen LogP contribution is 2.35. The van der Waals surface area contributed by atoms with E-state index in [0.717, 1.165) is 19.3 Å². The number of fused-ring (bicyclic) bond motifs is 1. The van der Waals surface area contributed by atoms with Crippen LogP contribution in [0.15, 0.2) is 46.2 Å². The molecule has 1 aliphatic heterocycles. The Labute approximate surface area is 157 Å². The van der Waals surface area contributed by atoms with E-state index in [1.54, 1.807) is 19.2 Å². The SMILES string of the molecule is CCCn1c(Oc2cccc(OC)c2)nc(=O)c2c1N=C(C1CC=CC1)[N]2. The minimum atomic E-state index is -0.417. The van der Waals surface area contributed by atoms with Gasteiger partial charge in [-0.05, 0) is 31.4 Å². The van der Waals surface area contributed by atoms with Gasteiger partial charge in [0.25, 0.3) is 0 Å². The summed E-state index contributed by atoms with van der Waals surface area (Å²) < 4.78 is 13.0. The lowest BCUT2D eigenvalue weighted by molar-refractivity contribution is 0.388. The minimum Gasteiger partial charge on any atom is -0.497 e. The number of aromatic nitrogens is 2. The van der Waals surface area contributed by atoms with Gasteiger partial charge in [0.05, 0.1) is 7.11 Å². The Morgan fingerprint density at radius 2 is 2.00 bits per heavy atom. The van der Waals surface area contributed by atoms with Crippen molar-refractivity contribution in [3.63, 3.8) is 0 Å². The van der Waals surface area contributed by atoms with Crippen molar-refractivity contribution in [1.29, 1.82) is 0 Å². The number of benzene rings is 1. The molecule has 1 aliphatic carbocycles. The maximum atomic E-state index is 12.6. The smallest absolute Gasteiger partial charge is 0.307 e. The lowest BCUT2D eigenvalue weighted by atomic mass is 10.1. The molecule has 0 saturated carbocycles. The maximum Gasteiger partial charge on any atom is 0.307 e. The number of allylic oxidation sites excluding steroid dienone is 2. The van der Waals surface area contributed by atoms with E-state index in [-0.39, 0.29) is 11.9 Å². The molecule has 0 N–H and O–H groups in total. The third-order valence-electron chi connectivity index (χ3n) is 4.62. The van der Waals surface area contributed by atoms with Gasteiger partial charge in [-0.3, -0.25) is 9.36 Å². The molecule has 1 radical (unpaired) electrons. The second kappa shape index (κ2) is 7.26. The van der Waals surface area contributed by atoms with Gasteiger partial charge in [-0.1, -0.05) is 25.1 Å². The van der Waals surface area contributed by atoms with Crippen molar-refractivity contribution >= 4 is 17.3 Å². The van der Waals surface area contributed by atoms with Crippen molar-refractivity contribution in [3.8, 4) is 17.5 Å². The first-order chi connectivity index (χ1) is 13.2. The average Bonchev–Trinajstić information content (AvgIpc) is 3.35. The molecule has 2 aliphatic rings. The Balaban J connectivity index is 1.73. The van der Waals surface area contributed by atoms with E-state index in [9.17, 15) is 4.79 Å². The van der Waals surface area contributed by atoms with Crippen molar-refractivity contribution in [2.45, 2.75) is 32.7 Å². The van der Waals surface area contributed by atoms with Gasteiger partial charge in [0.15, 0.2) is 11.5 Å². The van der Waals surface area contributed by atoms with Gasteiger partial charge in [0.2, 0.25) is 0 Å². The number of hydrogen-bond acceptors (Lipinski definition) is 5. The van der Waals surface area contributed by atoms with Crippen LogP contribution in [0.5, 0.6) is 17.5 Å². The van der Waals surface area contributed by atoms with E-state index in [1.165, 1.54) is 0 Å². The summed E-state index contributed by atoms with van der Waals surface area (Å²) in [5.74, 6) is 2.69. The number of rotatable bonds is 6. The monoisotopic (exact) mass is 365 g/mol. The molecule has 2 heterocycles. The van der Waals surface area contributed by atoms with Crippen LogP contribution < -0.4 is 20.3 Å². The molecule has 0 amide bonds. The van der Waals surface area contributed by atoms with Crippen LogP contribution in [0.4, 0.5) is 11.5 Å². The number of ether oxygens (including phenoxy) is 2. The molecule has 27 heavy (non-hydrogen) atoms. The topological polar surface area (TPSA) is 79.8 Å². The van der Waals surface area contributed by atoms with Gasteiger partial charge >= 0.3 is 11.6 Å². The van der Waals surface area contributed by atoms with Crippen LogP contribution in [0.3, 0.4) is 0 Å². The highest BCUT2D eigenvalue weighted by atomic mass is 16.5. The van der Waals surface area contributed by atoms with Crippen molar-refractivity contribution in [2.75, 3.05) is 7.11 Å². The molecular formula is C20H21N4O3. The first kappa shape index (κ1) is 17.3. The lowest BCUT2D eigenvalue weighted by Gasteiger charge is -2.14. The van der Waals surface area contributed by atoms with E-state index in [2.05, 4.69) is 34.4 Å². The maximum absolute atomic E-state index is 12.6. The van der Waals surface area contributed by atoms with E-state index in [4.69, 9.17) is 9.47 Å². The summed E-state index contributed by atoms with van der Waals surface area (Å²) >= 11 is 0. The van der Waals surface area contributed by atoms with Gasteiger partial charge in [-0.25, -0.2) is 10.3 Å². The van der Waals surface area contributed by atoms with E-state index < -0.39 is 5.56 Å². The molecule has 0 atom stereocenters. The van der Waals surface area contributed by atoms with Crippen molar-refractivity contribution in [2.24, 2.45) is 10.9 Å². The standard InChI is InChI=1S/C20H21N4O3/c1-3-11-24-18-16(21-17(22-18)13-7-4-5-8-13)19(25)23-20(24)27-15-10-6-9-14(12-15)26-2/h4-6,9-10,12-13H,3,7-8,11H2,1-2H3. The summed E-state index contributed by atoms with van der Waals surface area (Å²) in [5, 5.41) is 4.49. The molecule has 0 saturated heterocycles. The second-order valence-electron chi connectivity index (χ2n) is 6.53. The summed E-state index contributed by atoms with van der Waals surface area (Å²) in [6, 6.07) is 7.41. The zero-order chi connectivity index (χ0) is 18.8. The Morgan fingerprint density at radius 1 is 1.22 bits per heavy atom. The zero-order valence-electron chi connectivity index (χ0n) is 15.4. The van der Waals surface area contributed by atoms with Crippen LogP contribution in [0.1, 0.15) is 26.2 Å². The van der Waals surface area contributed by atoms with Crippen LogP contribution in [-0.4, -0.2) is 22.5 Å². The molecule has 4 rings (SSSR count). The normalized spacial score (nSPS) is 15.4. The number of amidine groups is 1. The van der Waals surface area contributed by atoms with Crippen LogP contribution in [0, 0.1) is 5.92 Å². The summed E-state index contributed by atoms with van der Waals surface area (Å²) in [5.41, 5.74) is -0.108. The third kappa shape index (κ3) is 3.32. The fourth-order valence-electron chi connectivity index (χ4n) is 3.26. The molecule has 1 aromatic heterocycles. The van der Waals surface area contributed by atoms with Gasteiger partial charge in [0, 0.05) is 18.5 Å². The Bertz CT molecular complexity index is 970. The fraction of sp³-hybridized carbons (Fsp3) is 0.350. The summed E-state index contributed by atoms with van der Waals surface area (Å²) in [6.07, 6.45) is 6.90. The summed E-state index contributed by atoms with van der Waals surface area (Å²) in [7, 11) is 1.59. The van der Waals surface area contributed by atoms with Crippen molar-refractivity contribution in [1.82, 2.24) is 14.9 Å². The molecule has 7 nitrogen and oxygen atoms in total. The lowest BCUT2D eigenvalue weighted by Crippen LogP contribution is -2.21. The van der Waals surface area contributed by atoms with Crippen molar-refractivity contribution in [3.05, 3.63) is 46.8 Å². The highest BCUT2D eigenvalue weighted by Gasteiger charge is 2.30. The second-order valence-corrected chi connectivity index (χ2v) is 6.53. The Morgan fingerprint density at radius 3 is 2.74 bits per heavy atom. The molecule has 139 valence electrons. The van der Waals surface area contributed by atoms with E-state index >= 15 is 0 Å². The number of methoxy groups -OCH3 is 1. The molecule has 0 bridgehead atoms. The average molecular weight is 365 g/mol. The van der Waals surface area contributed by atoms with Gasteiger partial charge in [-0.15, -0.1) is 0 Å². The molecule has 2 aromatic rings. The molecule has 7 heteroatoms. The fourth-order valence-corrected chi connectivity index (χ4v) is 3.26. The quantitative estimate of drug-likeness (QED) is 0.731. The van der Waals surface area contributed by atoms with E-state index in [0.29, 0.717) is 35.4 Å². The van der Waals surface area contributed by atoms with Gasteiger partial charge < -0.3 is 9.47 Å². The number of nitrogens with zero attached hydrogens (tertiary/aromatic N) is 4. The van der Waals surface area contributed by atoms with Crippen LogP contribution in [0.2, 0.25) is 0 Å². The molecular weight excluding hydrogens is 344 g/mol. The van der Waals surface area contributed by atoms with Gasteiger partial charge in [0.1, 0.15) is 17.3 Å². The summed E-state index contributed by atoms with van der Waals surface area (Å²) in [6.45, 7) is 2.68. The Hall–Kier alpha value is -3.09. The molecule has 0 unspecified atom stereocenters. The summed E-state index contributed by atoms with van der Waals surface area (Å²) in [4.78, 5) is 21.4.